The second-order valence-electron chi connectivity index (χ2n) is 4.57. The fraction of sp³-hybridized carbons (Fsp3) is 0.385. The highest BCUT2D eigenvalue weighted by molar-refractivity contribution is 6.01. The topological polar surface area (TPSA) is 55.7 Å². The largest absolute Gasteiger partial charge is 0.383 e. The van der Waals surface area contributed by atoms with Crippen LogP contribution in [0.2, 0.25) is 0 Å². The van der Waals surface area contributed by atoms with Crippen molar-refractivity contribution in [2.45, 2.75) is 19.9 Å². The number of aryl methyl sites for hydroxylation is 1. The van der Waals surface area contributed by atoms with Crippen molar-refractivity contribution in [1.29, 1.82) is 0 Å². The van der Waals surface area contributed by atoms with Gasteiger partial charge in [-0.3, -0.25) is 0 Å². The Morgan fingerprint density at radius 2 is 2.33 bits per heavy atom. The Hall–Kier alpha value is -1.88. The number of pyridine rings is 1. The number of aromatic amines is 1. The van der Waals surface area contributed by atoms with Crippen LogP contribution in [0.25, 0.3) is 22.1 Å². The van der Waals surface area contributed by atoms with Gasteiger partial charge in [-0.05, 0) is 19.9 Å². The zero-order valence-corrected chi connectivity index (χ0v) is 10.8. The SMILES string of the molecule is COCC(C)n1c(C)nc2cnc3[nH]ccc3c21. The molecular weight excluding hydrogens is 228 g/mol. The van der Waals surface area contributed by atoms with E-state index in [0.29, 0.717) is 6.61 Å². The zero-order chi connectivity index (χ0) is 12.7. The molecule has 3 aromatic rings. The maximum Gasteiger partial charge on any atom is 0.139 e. The molecule has 3 rings (SSSR count). The summed E-state index contributed by atoms with van der Waals surface area (Å²) in [5.74, 6) is 0.991. The summed E-state index contributed by atoms with van der Waals surface area (Å²) in [5.41, 5.74) is 2.96. The minimum atomic E-state index is 0.250. The van der Waals surface area contributed by atoms with Gasteiger partial charge in [-0.25, -0.2) is 9.97 Å². The first kappa shape index (κ1) is 11.2. The van der Waals surface area contributed by atoms with Crippen LogP contribution >= 0.6 is 0 Å². The van der Waals surface area contributed by atoms with Crippen molar-refractivity contribution >= 4 is 22.1 Å². The van der Waals surface area contributed by atoms with Crippen molar-refractivity contribution in [3.8, 4) is 0 Å². The van der Waals surface area contributed by atoms with Crippen molar-refractivity contribution in [3.63, 3.8) is 0 Å². The van der Waals surface area contributed by atoms with E-state index in [1.807, 2.05) is 25.4 Å². The Kier molecular flexibility index (Phi) is 2.56. The van der Waals surface area contributed by atoms with Crippen molar-refractivity contribution in [1.82, 2.24) is 19.5 Å². The molecule has 0 saturated carbocycles. The molecule has 3 heterocycles. The van der Waals surface area contributed by atoms with E-state index in [1.165, 1.54) is 0 Å². The van der Waals surface area contributed by atoms with E-state index in [2.05, 4.69) is 26.4 Å². The number of ether oxygens (including phenoxy) is 1. The van der Waals surface area contributed by atoms with Crippen LogP contribution in [0.3, 0.4) is 0 Å². The number of H-pyrrole nitrogens is 1. The highest BCUT2D eigenvalue weighted by Gasteiger charge is 2.16. The van der Waals surface area contributed by atoms with Crippen LogP contribution in [0.1, 0.15) is 18.8 Å². The van der Waals surface area contributed by atoms with Gasteiger partial charge in [0.2, 0.25) is 0 Å². The van der Waals surface area contributed by atoms with Crippen molar-refractivity contribution in [3.05, 3.63) is 24.3 Å². The van der Waals surface area contributed by atoms with E-state index in [-0.39, 0.29) is 6.04 Å². The van der Waals surface area contributed by atoms with Gasteiger partial charge in [-0.1, -0.05) is 0 Å². The molecule has 5 nitrogen and oxygen atoms in total. The van der Waals surface area contributed by atoms with Gasteiger partial charge in [0.05, 0.1) is 24.4 Å². The fourth-order valence-corrected chi connectivity index (χ4v) is 2.56. The second kappa shape index (κ2) is 4.10. The monoisotopic (exact) mass is 244 g/mol. The predicted octanol–water partition coefficient (Wildman–Crippen LogP) is 2.43. The van der Waals surface area contributed by atoms with E-state index in [0.717, 1.165) is 27.9 Å². The van der Waals surface area contributed by atoms with Gasteiger partial charge >= 0.3 is 0 Å². The molecule has 1 atom stereocenters. The normalized spacial score (nSPS) is 13.5. The molecule has 0 aromatic carbocycles. The molecule has 0 bridgehead atoms. The molecule has 94 valence electrons. The van der Waals surface area contributed by atoms with Gasteiger partial charge in [0.25, 0.3) is 0 Å². The number of hydrogen-bond acceptors (Lipinski definition) is 3. The quantitative estimate of drug-likeness (QED) is 0.769. The lowest BCUT2D eigenvalue weighted by Gasteiger charge is -2.15. The molecule has 0 aliphatic rings. The maximum absolute atomic E-state index is 5.25. The summed E-state index contributed by atoms with van der Waals surface area (Å²) < 4.78 is 7.47. The van der Waals surface area contributed by atoms with E-state index in [9.17, 15) is 0 Å². The number of nitrogens with one attached hydrogen (secondary N) is 1. The molecule has 1 N–H and O–H groups in total. The first-order valence-electron chi connectivity index (χ1n) is 6.02. The third-order valence-electron chi connectivity index (χ3n) is 3.26. The third-order valence-corrected chi connectivity index (χ3v) is 3.26. The zero-order valence-electron chi connectivity index (χ0n) is 10.8. The van der Waals surface area contributed by atoms with Gasteiger partial charge in [0, 0.05) is 18.7 Å². The van der Waals surface area contributed by atoms with Crippen LogP contribution in [0.4, 0.5) is 0 Å². The minimum Gasteiger partial charge on any atom is -0.383 e. The standard InChI is InChI=1S/C13H16N4O/c1-8(7-18-3)17-9(2)16-11-6-15-13-10(12(11)17)4-5-14-13/h4-6,8H,7H2,1-3H3,(H,14,15). The Morgan fingerprint density at radius 1 is 1.50 bits per heavy atom. The van der Waals surface area contributed by atoms with Gasteiger partial charge in [0.15, 0.2) is 0 Å². The van der Waals surface area contributed by atoms with Gasteiger partial charge in [0.1, 0.15) is 17.0 Å². The summed E-state index contributed by atoms with van der Waals surface area (Å²) in [6, 6.07) is 2.29. The van der Waals surface area contributed by atoms with Gasteiger partial charge < -0.3 is 14.3 Å². The van der Waals surface area contributed by atoms with E-state index >= 15 is 0 Å². The predicted molar refractivity (Wildman–Crippen MR) is 70.7 cm³/mol. The highest BCUT2D eigenvalue weighted by Crippen LogP contribution is 2.26. The lowest BCUT2D eigenvalue weighted by atomic mass is 10.2. The number of aromatic nitrogens is 4. The third kappa shape index (κ3) is 1.51. The number of imidazole rings is 1. The van der Waals surface area contributed by atoms with Gasteiger partial charge in [-0.15, -0.1) is 0 Å². The number of hydrogen-bond donors (Lipinski definition) is 1. The Bertz CT molecular complexity index is 697. The first-order valence-corrected chi connectivity index (χ1v) is 6.02. The molecule has 0 aliphatic heterocycles. The fourth-order valence-electron chi connectivity index (χ4n) is 2.56. The van der Waals surface area contributed by atoms with Crippen LogP contribution in [-0.4, -0.2) is 33.2 Å². The van der Waals surface area contributed by atoms with Crippen LogP contribution in [0.5, 0.6) is 0 Å². The Balaban J connectivity index is 2.34. The number of nitrogens with zero attached hydrogens (tertiary/aromatic N) is 3. The summed E-state index contributed by atoms with van der Waals surface area (Å²) in [4.78, 5) is 12.1. The number of fused-ring (bicyclic) bond motifs is 3. The lowest BCUT2D eigenvalue weighted by Crippen LogP contribution is -2.12. The average molecular weight is 244 g/mol. The van der Waals surface area contributed by atoms with Crippen molar-refractivity contribution in [2.24, 2.45) is 0 Å². The summed E-state index contributed by atoms with van der Waals surface area (Å²) in [5, 5.41) is 1.11. The summed E-state index contributed by atoms with van der Waals surface area (Å²) >= 11 is 0. The van der Waals surface area contributed by atoms with Crippen LogP contribution in [0, 0.1) is 6.92 Å². The molecule has 0 spiro atoms. The highest BCUT2D eigenvalue weighted by atomic mass is 16.5. The minimum absolute atomic E-state index is 0.250. The van der Waals surface area contributed by atoms with Gasteiger partial charge in [-0.2, -0.15) is 0 Å². The number of methoxy groups -OCH3 is 1. The molecule has 0 aliphatic carbocycles. The molecule has 18 heavy (non-hydrogen) atoms. The molecule has 0 radical (unpaired) electrons. The van der Waals surface area contributed by atoms with E-state index in [4.69, 9.17) is 4.74 Å². The number of rotatable bonds is 3. The summed E-state index contributed by atoms with van der Waals surface area (Å²) in [7, 11) is 1.72. The van der Waals surface area contributed by atoms with E-state index in [1.54, 1.807) is 7.11 Å². The first-order chi connectivity index (χ1) is 8.72. The Morgan fingerprint density at radius 3 is 3.11 bits per heavy atom. The Labute approximate surface area is 105 Å². The molecule has 5 heteroatoms. The maximum atomic E-state index is 5.25. The molecule has 1 unspecified atom stereocenters. The summed E-state index contributed by atoms with van der Waals surface area (Å²) in [6.45, 7) is 4.82. The van der Waals surface area contributed by atoms with E-state index < -0.39 is 0 Å². The van der Waals surface area contributed by atoms with Crippen LogP contribution < -0.4 is 0 Å². The van der Waals surface area contributed by atoms with Crippen LogP contribution in [-0.2, 0) is 4.74 Å². The molecule has 3 aromatic heterocycles. The van der Waals surface area contributed by atoms with Crippen molar-refractivity contribution in [2.75, 3.05) is 13.7 Å². The molecular formula is C13H16N4O. The molecule has 0 fully saturated rings. The second-order valence-corrected chi connectivity index (χ2v) is 4.57. The smallest absolute Gasteiger partial charge is 0.139 e. The molecule has 0 saturated heterocycles. The molecule has 0 amide bonds. The lowest BCUT2D eigenvalue weighted by molar-refractivity contribution is 0.163. The summed E-state index contributed by atoms with van der Waals surface area (Å²) in [6.07, 6.45) is 3.72. The van der Waals surface area contributed by atoms with Crippen LogP contribution in [0.15, 0.2) is 18.5 Å². The average Bonchev–Trinajstić information content (AvgIpc) is 2.90. The van der Waals surface area contributed by atoms with Crippen molar-refractivity contribution < 1.29 is 4.74 Å².